The van der Waals surface area contributed by atoms with Crippen molar-refractivity contribution in [1.29, 1.82) is 0 Å². The second kappa shape index (κ2) is 13.9. The molecule has 1 atom stereocenters. The molecule has 0 fully saturated rings. The van der Waals surface area contributed by atoms with Gasteiger partial charge in [0.1, 0.15) is 23.0 Å². The van der Waals surface area contributed by atoms with E-state index in [1.54, 1.807) is 31.4 Å². The summed E-state index contributed by atoms with van der Waals surface area (Å²) in [4.78, 5) is 13.8. The van der Waals surface area contributed by atoms with Crippen molar-refractivity contribution in [1.82, 2.24) is 0 Å². The Morgan fingerprint density at radius 1 is 0.905 bits per heavy atom. The Hall–Kier alpha value is -3.87. The average Bonchev–Trinajstić information content (AvgIpc) is 2.98. The fraction of sp³-hybridized carbons (Fsp3) is 0.457. The van der Waals surface area contributed by atoms with E-state index in [2.05, 4.69) is 65.9 Å². The number of methoxy groups -OCH3 is 1. The van der Waals surface area contributed by atoms with Crippen LogP contribution in [0.1, 0.15) is 91.7 Å². The molecule has 0 saturated heterocycles. The lowest BCUT2D eigenvalue weighted by atomic mass is 9.76. The predicted molar refractivity (Wildman–Crippen MR) is 171 cm³/mol. The van der Waals surface area contributed by atoms with Crippen LogP contribution in [0.4, 0.5) is 11.4 Å². The number of unbranched alkanes of at least 4 members (excludes halogenated alkanes) is 1. The van der Waals surface area contributed by atoms with E-state index in [1.807, 2.05) is 6.07 Å². The number of anilines is 2. The maximum absolute atomic E-state index is 13.8. The van der Waals surface area contributed by atoms with Crippen molar-refractivity contribution in [2.45, 2.75) is 97.5 Å². The number of nitrogen functional groups attached to an aromatic ring is 1. The molecule has 1 amide bonds. The molecule has 0 aromatic heterocycles. The highest BCUT2D eigenvalue weighted by Gasteiger charge is 2.29. The van der Waals surface area contributed by atoms with Crippen LogP contribution in [0.2, 0.25) is 0 Å². The first-order valence-electron chi connectivity index (χ1n) is 14.9. The van der Waals surface area contributed by atoms with Gasteiger partial charge in [-0.15, -0.1) is 0 Å². The van der Waals surface area contributed by atoms with Gasteiger partial charge in [0, 0.05) is 17.7 Å². The zero-order valence-corrected chi connectivity index (χ0v) is 26.5. The normalized spacial score (nSPS) is 12.5. The Morgan fingerprint density at radius 2 is 1.55 bits per heavy atom. The van der Waals surface area contributed by atoms with Crippen molar-refractivity contribution < 1.29 is 24.1 Å². The number of benzene rings is 3. The van der Waals surface area contributed by atoms with Crippen molar-refractivity contribution in [3.8, 4) is 28.7 Å². The van der Waals surface area contributed by atoms with Gasteiger partial charge in [0.2, 0.25) is 0 Å². The first kappa shape index (κ1) is 32.6. The summed E-state index contributed by atoms with van der Waals surface area (Å²) in [6.45, 7) is 15.4. The topological polar surface area (TPSA) is 103 Å². The molecular weight excluding hydrogens is 528 g/mol. The molecule has 0 radical (unpaired) electrons. The lowest BCUT2D eigenvalue weighted by Crippen LogP contribution is -2.34. The zero-order chi connectivity index (χ0) is 31.1. The average molecular weight is 577 g/mol. The van der Waals surface area contributed by atoms with Gasteiger partial charge in [0.25, 0.3) is 5.91 Å². The molecule has 0 saturated carbocycles. The van der Waals surface area contributed by atoms with E-state index >= 15 is 0 Å². The molecule has 42 heavy (non-hydrogen) atoms. The van der Waals surface area contributed by atoms with Crippen molar-refractivity contribution in [2.75, 3.05) is 18.2 Å². The Kier molecular flexibility index (Phi) is 10.8. The number of rotatable bonds is 14. The Labute approximate surface area is 251 Å². The van der Waals surface area contributed by atoms with Crippen LogP contribution >= 0.6 is 0 Å². The highest BCUT2D eigenvalue weighted by molar-refractivity contribution is 5.96. The molecule has 0 bridgehead atoms. The number of amides is 1. The van der Waals surface area contributed by atoms with E-state index in [9.17, 15) is 9.90 Å². The maximum atomic E-state index is 13.8. The predicted octanol–water partition coefficient (Wildman–Crippen LogP) is 8.73. The second-order valence-electron chi connectivity index (χ2n) is 12.1. The highest BCUT2D eigenvalue weighted by atomic mass is 16.5. The molecule has 228 valence electrons. The zero-order valence-electron chi connectivity index (χ0n) is 26.5. The summed E-state index contributed by atoms with van der Waals surface area (Å²) in [5.74, 6) is 1.75. The van der Waals surface area contributed by atoms with Gasteiger partial charge < -0.3 is 30.4 Å². The number of phenols is 1. The number of nitrogens with one attached hydrogen (secondary N) is 1. The third-order valence-corrected chi connectivity index (χ3v) is 8.31. The number of phenolic OH excluding ortho intramolecular Hbond substituents is 1. The third-order valence-electron chi connectivity index (χ3n) is 8.31. The van der Waals surface area contributed by atoms with Gasteiger partial charge in [0.05, 0.1) is 18.5 Å². The lowest BCUT2D eigenvalue weighted by Gasteiger charge is -2.31. The van der Waals surface area contributed by atoms with Gasteiger partial charge in [-0.1, -0.05) is 67.0 Å². The van der Waals surface area contributed by atoms with E-state index < -0.39 is 6.10 Å². The third kappa shape index (κ3) is 7.90. The van der Waals surface area contributed by atoms with Crippen LogP contribution < -0.4 is 25.3 Å². The largest absolute Gasteiger partial charge is 0.506 e. The smallest absolute Gasteiger partial charge is 0.265 e. The Bertz CT molecular complexity index is 1350. The summed E-state index contributed by atoms with van der Waals surface area (Å²) in [5, 5.41) is 13.3. The number of hydrogen-bond donors (Lipinski definition) is 3. The SMILES string of the molecule is CCCCC(Oc1ccc(C(C)(C)CC)cc1C(C)(C)CC)C(=O)Nc1cc(O)c(N)cc1Oc1ccc(OC)cc1. The Balaban J connectivity index is 1.96. The van der Waals surface area contributed by atoms with E-state index in [0.29, 0.717) is 35.1 Å². The number of carbonyl (C=O) groups excluding carboxylic acids is 1. The van der Waals surface area contributed by atoms with Crippen LogP contribution in [-0.2, 0) is 15.6 Å². The summed E-state index contributed by atoms with van der Waals surface area (Å²) < 4.78 is 17.8. The van der Waals surface area contributed by atoms with Crippen LogP contribution in [0.25, 0.3) is 0 Å². The molecule has 0 aliphatic heterocycles. The first-order valence-corrected chi connectivity index (χ1v) is 14.9. The monoisotopic (exact) mass is 576 g/mol. The molecule has 1 unspecified atom stereocenters. The first-order chi connectivity index (χ1) is 19.8. The highest BCUT2D eigenvalue weighted by Crippen LogP contribution is 2.40. The quantitative estimate of drug-likeness (QED) is 0.131. The molecule has 3 aromatic rings. The van der Waals surface area contributed by atoms with E-state index in [1.165, 1.54) is 17.7 Å². The van der Waals surface area contributed by atoms with Crippen molar-refractivity contribution in [3.05, 3.63) is 65.7 Å². The fourth-order valence-electron chi connectivity index (χ4n) is 4.51. The van der Waals surface area contributed by atoms with E-state index in [-0.39, 0.29) is 28.2 Å². The van der Waals surface area contributed by atoms with Crippen molar-refractivity contribution >= 4 is 17.3 Å². The minimum atomic E-state index is -0.755. The van der Waals surface area contributed by atoms with Gasteiger partial charge in [-0.3, -0.25) is 4.79 Å². The fourth-order valence-corrected chi connectivity index (χ4v) is 4.51. The van der Waals surface area contributed by atoms with Crippen molar-refractivity contribution in [3.63, 3.8) is 0 Å². The number of aromatic hydroxyl groups is 1. The van der Waals surface area contributed by atoms with E-state index in [0.717, 1.165) is 31.2 Å². The van der Waals surface area contributed by atoms with Gasteiger partial charge in [-0.2, -0.15) is 0 Å². The number of nitrogens with two attached hydrogens (primary N) is 1. The maximum Gasteiger partial charge on any atom is 0.265 e. The molecular formula is C35H48N2O5. The summed E-state index contributed by atoms with van der Waals surface area (Å²) >= 11 is 0. The standard InChI is InChI=1S/C35H48N2O5/c1-9-12-13-31(42-30-19-14-23(34(4,5)10-2)20-26(30)35(6,7)11-3)33(39)37-28-22-29(38)27(36)21-32(28)41-25-17-15-24(40-8)16-18-25/h14-22,31,38H,9-13,36H2,1-8H3,(H,37,39). The van der Waals surface area contributed by atoms with Crippen molar-refractivity contribution in [2.24, 2.45) is 0 Å². The van der Waals surface area contributed by atoms with Crippen LogP contribution in [0.5, 0.6) is 28.7 Å². The van der Waals surface area contributed by atoms with Gasteiger partial charge in [-0.05, 0) is 72.4 Å². The number of hydrogen-bond acceptors (Lipinski definition) is 6. The summed E-state index contributed by atoms with van der Waals surface area (Å²) in [6, 6.07) is 16.3. The number of carbonyl (C=O) groups is 1. The molecule has 0 aliphatic carbocycles. The molecule has 0 heterocycles. The summed E-state index contributed by atoms with van der Waals surface area (Å²) in [6.07, 6.45) is 3.44. The van der Waals surface area contributed by atoms with Crippen LogP contribution in [0, 0.1) is 0 Å². The van der Waals surface area contributed by atoms with Gasteiger partial charge in [0.15, 0.2) is 11.9 Å². The summed E-state index contributed by atoms with van der Waals surface area (Å²) in [5.41, 5.74) is 8.62. The number of ether oxygens (including phenoxy) is 3. The van der Waals surface area contributed by atoms with Crippen LogP contribution in [0.15, 0.2) is 54.6 Å². The molecule has 7 nitrogen and oxygen atoms in total. The van der Waals surface area contributed by atoms with E-state index in [4.69, 9.17) is 19.9 Å². The van der Waals surface area contributed by atoms with Gasteiger partial charge >= 0.3 is 0 Å². The molecule has 0 spiro atoms. The molecule has 3 aromatic carbocycles. The lowest BCUT2D eigenvalue weighted by molar-refractivity contribution is -0.123. The molecule has 4 N–H and O–H groups in total. The van der Waals surface area contributed by atoms with Crippen LogP contribution in [-0.4, -0.2) is 24.2 Å². The minimum Gasteiger partial charge on any atom is -0.506 e. The second-order valence-corrected chi connectivity index (χ2v) is 12.1. The molecule has 0 aliphatic rings. The molecule has 7 heteroatoms. The van der Waals surface area contributed by atoms with Gasteiger partial charge in [-0.25, -0.2) is 0 Å². The Morgan fingerprint density at radius 3 is 2.14 bits per heavy atom. The summed E-state index contributed by atoms with van der Waals surface area (Å²) in [7, 11) is 1.59. The molecule has 3 rings (SSSR count). The van der Waals surface area contributed by atoms with Crippen LogP contribution in [0.3, 0.4) is 0 Å². The minimum absolute atomic E-state index is 0.0214.